The molecular formula is C17H22FNO4. The van der Waals surface area contributed by atoms with E-state index < -0.39 is 5.97 Å². The molecule has 5 nitrogen and oxygen atoms in total. The van der Waals surface area contributed by atoms with Crippen LogP contribution in [0.3, 0.4) is 0 Å². The number of hydrogen-bond donors (Lipinski definition) is 1. The highest BCUT2D eigenvalue weighted by molar-refractivity contribution is 5.76. The van der Waals surface area contributed by atoms with Crippen molar-refractivity contribution in [3.05, 3.63) is 30.1 Å². The van der Waals surface area contributed by atoms with Gasteiger partial charge in [-0.15, -0.1) is 0 Å². The van der Waals surface area contributed by atoms with E-state index in [1.165, 1.54) is 12.1 Å². The molecule has 0 aromatic heterocycles. The third-order valence-corrected chi connectivity index (χ3v) is 3.94. The molecule has 1 saturated heterocycles. The van der Waals surface area contributed by atoms with Gasteiger partial charge in [0.25, 0.3) is 0 Å². The van der Waals surface area contributed by atoms with Crippen LogP contribution in [0.1, 0.15) is 38.5 Å². The van der Waals surface area contributed by atoms with Crippen LogP contribution in [0.4, 0.5) is 4.39 Å². The topological polar surface area (TPSA) is 66.8 Å². The minimum Gasteiger partial charge on any atom is -0.490 e. The van der Waals surface area contributed by atoms with Gasteiger partial charge >= 0.3 is 5.97 Å². The zero-order valence-corrected chi connectivity index (χ0v) is 13.0. The lowest BCUT2D eigenvalue weighted by atomic mass is 10.1. The van der Waals surface area contributed by atoms with E-state index in [0.717, 1.165) is 12.8 Å². The van der Waals surface area contributed by atoms with Crippen LogP contribution < -0.4 is 4.74 Å². The number of carbonyl (C=O) groups is 2. The van der Waals surface area contributed by atoms with Crippen molar-refractivity contribution in [2.24, 2.45) is 0 Å². The summed E-state index contributed by atoms with van der Waals surface area (Å²) >= 11 is 0. The number of carboxylic acids is 1. The number of halogens is 1. The molecule has 0 saturated carbocycles. The van der Waals surface area contributed by atoms with Crippen LogP contribution in [0.2, 0.25) is 0 Å². The van der Waals surface area contributed by atoms with E-state index in [-0.39, 0.29) is 24.2 Å². The van der Waals surface area contributed by atoms with Gasteiger partial charge in [0, 0.05) is 38.8 Å². The summed E-state index contributed by atoms with van der Waals surface area (Å²) in [6.07, 6.45) is 3.19. The number of likely N-dealkylation sites (tertiary alicyclic amines) is 1. The van der Waals surface area contributed by atoms with Gasteiger partial charge in [0.2, 0.25) is 5.91 Å². The Labute approximate surface area is 135 Å². The van der Waals surface area contributed by atoms with Crippen molar-refractivity contribution in [2.45, 2.75) is 44.6 Å². The number of amides is 1. The van der Waals surface area contributed by atoms with Crippen molar-refractivity contribution in [1.29, 1.82) is 0 Å². The molecular weight excluding hydrogens is 301 g/mol. The summed E-state index contributed by atoms with van der Waals surface area (Å²) in [5, 5.41) is 8.56. The number of piperidine rings is 1. The van der Waals surface area contributed by atoms with Crippen molar-refractivity contribution in [3.63, 3.8) is 0 Å². The van der Waals surface area contributed by atoms with Gasteiger partial charge in [0.05, 0.1) is 0 Å². The quantitative estimate of drug-likeness (QED) is 0.784. The van der Waals surface area contributed by atoms with E-state index in [2.05, 4.69) is 0 Å². The first-order valence-electron chi connectivity index (χ1n) is 7.96. The first kappa shape index (κ1) is 17.2. The van der Waals surface area contributed by atoms with Gasteiger partial charge in [-0.2, -0.15) is 0 Å². The van der Waals surface area contributed by atoms with E-state index in [4.69, 9.17) is 9.84 Å². The molecule has 0 atom stereocenters. The molecule has 0 aliphatic carbocycles. The Morgan fingerprint density at radius 2 is 1.74 bits per heavy atom. The molecule has 1 aromatic rings. The second-order valence-corrected chi connectivity index (χ2v) is 5.75. The molecule has 1 aromatic carbocycles. The zero-order valence-electron chi connectivity index (χ0n) is 13.0. The van der Waals surface area contributed by atoms with Crippen LogP contribution >= 0.6 is 0 Å². The molecule has 23 heavy (non-hydrogen) atoms. The predicted molar refractivity (Wildman–Crippen MR) is 82.7 cm³/mol. The summed E-state index contributed by atoms with van der Waals surface area (Å²) in [7, 11) is 0. The second kappa shape index (κ2) is 8.50. The zero-order chi connectivity index (χ0) is 16.7. The fourth-order valence-corrected chi connectivity index (χ4v) is 2.64. The number of benzene rings is 1. The summed E-state index contributed by atoms with van der Waals surface area (Å²) in [5.41, 5.74) is 0. The van der Waals surface area contributed by atoms with Gasteiger partial charge in [0.1, 0.15) is 17.7 Å². The number of rotatable bonds is 7. The molecule has 2 rings (SSSR count). The Balaban J connectivity index is 1.67. The minimum atomic E-state index is -0.823. The summed E-state index contributed by atoms with van der Waals surface area (Å²) in [6.45, 7) is 1.28. The molecule has 1 fully saturated rings. The lowest BCUT2D eigenvalue weighted by Crippen LogP contribution is -2.41. The Kier molecular flexibility index (Phi) is 6.38. The fourth-order valence-electron chi connectivity index (χ4n) is 2.64. The van der Waals surface area contributed by atoms with Crippen LogP contribution in [0.15, 0.2) is 24.3 Å². The number of aliphatic carboxylic acids is 1. The van der Waals surface area contributed by atoms with Crippen LogP contribution in [-0.2, 0) is 9.59 Å². The van der Waals surface area contributed by atoms with Crippen molar-refractivity contribution < 1.29 is 23.8 Å². The average molecular weight is 323 g/mol. The van der Waals surface area contributed by atoms with E-state index >= 15 is 0 Å². The maximum Gasteiger partial charge on any atom is 0.303 e. The second-order valence-electron chi connectivity index (χ2n) is 5.75. The molecule has 1 amide bonds. The third-order valence-electron chi connectivity index (χ3n) is 3.94. The van der Waals surface area contributed by atoms with Gasteiger partial charge in [0.15, 0.2) is 0 Å². The monoisotopic (exact) mass is 323 g/mol. The Morgan fingerprint density at radius 3 is 2.35 bits per heavy atom. The molecule has 6 heteroatoms. The van der Waals surface area contributed by atoms with Gasteiger partial charge in [-0.1, -0.05) is 0 Å². The lowest BCUT2D eigenvalue weighted by Gasteiger charge is -2.32. The van der Waals surface area contributed by atoms with Crippen LogP contribution in [-0.4, -0.2) is 41.1 Å². The SMILES string of the molecule is O=C(O)CCCCC(=O)N1CCC(Oc2ccc(F)cc2)CC1. The van der Waals surface area contributed by atoms with E-state index in [0.29, 0.717) is 38.1 Å². The van der Waals surface area contributed by atoms with Crippen molar-refractivity contribution in [2.75, 3.05) is 13.1 Å². The standard InChI is InChI=1S/C17H22FNO4/c18-13-5-7-14(8-6-13)23-15-9-11-19(12-10-15)16(20)3-1-2-4-17(21)22/h5-8,15H,1-4,9-12H2,(H,21,22). The van der Waals surface area contributed by atoms with E-state index in [1.807, 2.05) is 4.90 Å². The maximum absolute atomic E-state index is 12.8. The lowest BCUT2D eigenvalue weighted by molar-refractivity contribution is -0.138. The minimum absolute atomic E-state index is 0.0384. The molecule has 0 bridgehead atoms. The van der Waals surface area contributed by atoms with Crippen LogP contribution in [0, 0.1) is 5.82 Å². The molecule has 1 N–H and O–H groups in total. The van der Waals surface area contributed by atoms with Crippen molar-refractivity contribution in [3.8, 4) is 5.75 Å². The number of carbonyl (C=O) groups excluding carboxylic acids is 1. The first-order chi connectivity index (χ1) is 11.0. The Hall–Kier alpha value is -2.11. The van der Waals surface area contributed by atoms with Gasteiger partial charge in [-0.05, 0) is 37.1 Å². The van der Waals surface area contributed by atoms with Crippen molar-refractivity contribution in [1.82, 2.24) is 4.90 Å². The summed E-state index contributed by atoms with van der Waals surface area (Å²) in [5.74, 6) is -0.391. The van der Waals surface area contributed by atoms with Crippen molar-refractivity contribution >= 4 is 11.9 Å². The summed E-state index contributed by atoms with van der Waals surface area (Å²) < 4.78 is 18.6. The van der Waals surface area contributed by atoms with Gasteiger partial charge in [-0.3, -0.25) is 9.59 Å². The predicted octanol–water partition coefficient (Wildman–Crippen LogP) is 2.84. The highest BCUT2D eigenvalue weighted by Crippen LogP contribution is 2.20. The highest BCUT2D eigenvalue weighted by atomic mass is 19.1. The van der Waals surface area contributed by atoms with Gasteiger partial charge < -0.3 is 14.7 Å². The maximum atomic E-state index is 12.8. The molecule has 1 aliphatic heterocycles. The van der Waals surface area contributed by atoms with Gasteiger partial charge in [-0.25, -0.2) is 4.39 Å². The normalized spacial score (nSPS) is 15.4. The molecule has 0 radical (unpaired) electrons. The highest BCUT2D eigenvalue weighted by Gasteiger charge is 2.23. The molecule has 0 spiro atoms. The molecule has 126 valence electrons. The fraction of sp³-hybridized carbons (Fsp3) is 0.529. The molecule has 1 heterocycles. The van der Waals surface area contributed by atoms with E-state index in [1.54, 1.807) is 12.1 Å². The molecule has 0 unspecified atom stereocenters. The number of hydrogen-bond acceptors (Lipinski definition) is 3. The largest absolute Gasteiger partial charge is 0.490 e. The summed E-state index contributed by atoms with van der Waals surface area (Å²) in [6, 6.07) is 5.95. The first-order valence-corrected chi connectivity index (χ1v) is 7.96. The van der Waals surface area contributed by atoms with E-state index in [9.17, 15) is 14.0 Å². The molecule has 1 aliphatic rings. The summed E-state index contributed by atoms with van der Waals surface area (Å²) in [4.78, 5) is 24.3. The number of carboxylic acid groups (broad SMARTS) is 1. The number of ether oxygens (including phenoxy) is 1. The van der Waals surface area contributed by atoms with Crippen LogP contribution in [0.5, 0.6) is 5.75 Å². The Bertz CT molecular complexity index is 524. The third kappa shape index (κ3) is 5.88. The average Bonchev–Trinajstić information content (AvgIpc) is 2.54. The number of nitrogens with zero attached hydrogens (tertiary/aromatic N) is 1. The Morgan fingerprint density at radius 1 is 1.13 bits per heavy atom. The van der Waals surface area contributed by atoms with Crippen LogP contribution in [0.25, 0.3) is 0 Å². The smallest absolute Gasteiger partial charge is 0.303 e. The number of unbranched alkanes of at least 4 members (excludes halogenated alkanes) is 1.